The summed E-state index contributed by atoms with van der Waals surface area (Å²) in [4.78, 5) is 45.2. The molecular formula is C24H20ClF3N8O3S. The van der Waals surface area contributed by atoms with Gasteiger partial charge in [0.15, 0.2) is 6.23 Å². The van der Waals surface area contributed by atoms with E-state index < -0.39 is 40.8 Å². The van der Waals surface area contributed by atoms with Crippen molar-refractivity contribution in [2.75, 3.05) is 5.32 Å². The molecule has 0 radical (unpaired) electrons. The largest absolute Gasteiger partial charge is 0.418 e. The maximum absolute atomic E-state index is 13.1. The van der Waals surface area contributed by atoms with Crippen LogP contribution < -0.4 is 16.0 Å². The van der Waals surface area contributed by atoms with Crippen molar-refractivity contribution in [2.45, 2.75) is 31.9 Å². The maximum Gasteiger partial charge on any atom is 0.418 e. The zero-order valence-electron chi connectivity index (χ0n) is 20.5. The molecule has 2 amide bonds. The van der Waals surface area contributed by atoms with Crippen molar-refractivity contribution in [1.29, 1.82) is 0 Å². The molecule has 0 saturated carbocycles. The van der Waals surface area contributed by atoms with E-state index in [0.29, 0.717) is 11.1 Å². The van der Waals surface area contributed by atoms with E-state index in [0.717, 1.165) is 29.4 Å². The molecule has 0 aromatic carbocycles. The Morgan fingerprint density at radius 1 is 1.07 bits per heavy atom. The Hall–Kier alpha value is -4.21. The van der Waals surface area contributed by atoms with Crippen molar-refractivity contribution in [3.8, 4) is 0 Å². The first-order valence-electron chi connectivity index (χ1n) is 11.4. The van der Waals surface area contributed by atoms with Crippen molar-refractivity contribution in [3.05, 3.63) is 92.8 Å². The third-order valence-corrected chi connectivity index (χ3v) is 6.82. The molecule has 4 heterocycles. The molecule has 2 unspecified atom stereocenters. The smallest absolute Gasteiger partial charge is 0.369 e. The Kier molecular flexibility index (Phi) is 8.86. The molecular weight excluding hydrogens is 573 g/mol. The summed E-state index contributed by atoms with van der Waals surface area (Å²) in [7, 11) is 0. The number of pyridine rings is 2. The first-order chi connectivity index (χ1) is 19.0. The zero-order valence-corrected chi connectivity index (χ0v) is 22.1. The lowest BCUT2D eigenvalue weighted by Crippen LogP contribution is -2.29. The summed E-state index contributed by atoms with van der Waals surface area (Å²) in [5.74, 6) is -1.35. The van der Waals surface area contributed by atoms with Crippen LogP contribution >= 0.6 is 22.9 Å². The molecule has 208 valence electrons. The van der Waals surface area contributed by atoms with E-state index in [1.54, 1.807) is 31.5 Å². The van der Waals surface area contributed by atoms with Gasteiger partial charge in [0, 0.05) is 37.4 Å². The second kappa shape index (κ2) is 12.3. The van der Waals surface area contributed by atoms with Crippen molar-refractivity contribution in [3.63, 3.8) is 0 Å². The van der Waals surface area contributed by atoms with Crippen LogP contribution in [-0.2, 0) is 12.7 Å². The van der Waals surface area contributed by atoms with Crippen LogP contribution in [0.25, 0.3) is 0 Å². The number of halogens is 4. The molecule has 11 nitrogen and oxygen atoms in total. The molecule has 0 aliphatic heterocycles. The van der Waals surface area contributed by atoms with E-state index in [1.165, 1.54) is 12.3 Å². The van der Waals surface area contributed by atoms with E-state index in [1.807, 2.05) is 0 Å². The number of amides is 2. The number of anilines is 1. The summed E-state index contributed by atoms with van der Waals surface area (Å²) in [5, 5.41) is 18.1. The maximum atomic E-state index is 13.1. The van der Waals surface area contributed by atoms with Crippen molar-refractivity contribution >= 4 is 40.6 Å². The van der Waals surface area contributed by atoms with E-state index in [2.05, 4.69) is 40.9 Å². The van der Waals surface area contributed by atoms with Gasteiger partial charge in [-0.3, -0.25) is 14.6 Å². The predicted molar refractivity (Wildman–Crippen MR) is 138 cm³/mol. The van der Waals surface area contributed by atoms with Crippen molar-refractivity contribution in [1.82, 2.24) is 35.6 Å². The van der Waals surface area contributed by atoms with Gasteiger partial charge in [-0.2, -0.15) is 13.2 Å². The fourth-order valence-corrected chi connectivity index (χ4v) is 4.36. The summed E-state index contributed by atoms with van der Waals surface area (Å²) in [6, 6.07) is 4.83. The quantitative estimate of drug-likeness (QED) is 0.212. The minimum absolute atomic E-state index is 0.00749. The first kappa shape index (κ1) is 28.8. The molecule has 2 atom stereocenters. The summed E-state index contributed by atoms with van der Waals surface area (Å²) < 4.78 is 39.3. The van der Waals surface area contributed by atoms with Gasteiger partial charge in [0.25, 0.3) is 11.8 Å². The van der Waals surface area contributed by atoms with Gasteiger partial charge in [0.2, 0.25) is 0 Å². The van der Waals surface area contributed by atoms with Crippen LogP contribution in [-0.4, -0.2) is 41.8 Å². The normalized spacial score (nSPS) is 12.8. The van der Waals surface area contributed by atoms with E-state index in [4.69, 9.17) is 11.6 Å². The molecule has 0 saturated heterocycles. The zero-order chi connectivity index (χ0) is 28.9. The highest BCUT2D eigenvalue weighted by Gasteiger charge is 2.34. The molecule has 40 heavy (non-hydrogen) atoms. The third-order valence-electron chi connectivity index (χ3n) is 5.28. The number of nitrogens with one attached hydrogen (secondary N) is 3. The molecule has 0 spiro atoms. The number of thiazole rings is 1. The Morgan fingerprint density at radius 2 is 1.82 bits per heavy atom. The number of nitrogens with zero attached hydrogens (tertiary/aromatic N) is 5. The van der Waals surface area contributed by atoms with Crippen LogP contribution in [0.4, 0.5) is 19.0 Å². The third kappa shape index (κ3) is 7.25. The van der Waals surface area contributed by atoms with Crippen molar-refractivity contribution < 1.29 is 27.9 Å². The molecule has 4 rings (SSSR count). The van der Waals surface area contributed by atoms with E-state index in [9.17, 15) is 27.9 Å². The molecule has 4 aromatic heterocycles. The lowest BCUT2D eigenvalue weighted by molar-refractivity contribution is -0.137. The molecule has 0 aliphatic carbocycles. The van der Waals surface area contributed by atoms with Gasteiger partial charge in [-0.15, -0.1) is 11.3 Å². The SMILES string of the molecule is CC(NC(=O)c1cc(C(=O)NCc2cccnc2)ncn1)c1ncc(C(O)Nc2cc(C(F)(F)F)c(Cl)cn2)s1. The average molecular weight is 593 g/mol. The van der Waals surface area contributed by atoms with Crippen LogP contribution in [0, 0.1) is 0 Å². The monoisotopic (exact) mass is 592 g/mol. The minimum atomic E-state index is -4.69. The summed E-state index contributed by atoms with van der Waals surface area (Å²) in [6.45, 7) is 1.86. The number of hydrogen-bond donors (Lipinski definition) is 4. The number of carbonyl (C=O) groups is 2. The Labute approximate surface area is 233 Å². The lowest BCUT2D eigenvalue weighted by Gasteiger charge is -2.14. The number of aliphatic hydroxyl groups is 1. The topological polar surface area (TPSA) is 155 Å². The Morgan fingerprint density at radius 3 is 2.52 bits per heavy atom. The molecule has 16 heteroatoms. The number of alkyl halides is 3. The van der Waals surface area contributed by atoms with Crippen LogP contribution in [0.1, 0.15) is 61.2 Å². The van der Waals surface area contributed by atoms with Crippen LogP contribution in [0.15, 0.2) is 55.4 Å². The van der Waals surface area contributed by atoms with Gasteiger partial charge < -0.3 is 21.1 Å². The van der Waals surface area contributed by atoms with Crippen molar-refractivity contribution in [2.24, 2.45) is 0 Å². The van der Waals surface area contributed by atoms with Gasteiger partial charge in [-0.05, 0) is 24.6 Å². The number of aromatic nitrogens is 5. The fourth-order valence-electron chi connectivity index (χ4n) is 3.29. The van der Waals surface area contributed by atoms with E-state index >= 15 is 0 Å². The molecule has 4 aromatic rings. The van der Waals surface area contributed by atoms with Crippen LogP contribution in [0.5, 0.6) is 0 Å². The van der Waals surface area contributed by atoms with E-state index in [-0.39, 0.29) is 28.6 Å². The summed E-state index contributed by atoms with van der Waals surface area (Å²) in [5.41, 5.74) is -0.373. The molecule has 0 aliphatic rings. The average Bonchev–Trinajstić information content (AvgIpc) is 3.44. The lowest BCUT2D eigenvalue weighted by atomic mass is 10.2. The van der Waals surface area contributed by atoms with Crippen LogP contribution in [0.3, 0.4) is 0 Å². The fraction of sp³-hybridized carbons (Fsp3) is 0.208. The van der Waals surface area contributed by atoms with Gasteiger partial charge in [-0.25, -0.2) is 19.9 Å². The number of rotatable bonds is 9. The number of hydrogen-bond acceptors (Lipinski definition) is 10. The predicted octanol–water partition coefficient (Wildman–Crippen LogP) is 3.92. The van der Waals surface area contributed by atoms with Gasteiger partial charge in [0.05, 0.1) is 21.5 Å². The molecule has 0 fully saturated rings. The Balaban J connectivity index is 1.36. The number of aliphatic hydroxyl groups excluding tert-OH is 1. The first-order valence-corrected chi connectivity index (χ1v) is 12.6. The van der Waals surface area contributed by atoms with Gasteiger partial charge in [-0.1, -0.05) is 17.7 Å². The summed E-state index contributed by atoms with van der Waals surface area (Å²) in [6.07, 6.45) is 0.338. The van der Waals surface area contributed by atoms with Gasteiger partial charge >= 0.3 is 6.18 Å². The van der Waals surface area contributed by atoms with Crippen LogP contribution in [0.2, 0.25) is 5.02 Å². The summed E-state index contributed by atoms with van der Waals surface area (Å²) >= 11 is 6.59. The second-order valence-electron chi connectivity index (χ2n) is 8.22. The standard InChI is InChI=1S/C24H20ClF3N8O3S/c1-12(23-32-10-18(40-23)22(39)36-19-5-14(24(26,27)28)15(25)9-30-19)35-21(38)17-6-16(33-11-34-17)20(37)31-8-13-3-2-4-29-7-13/h2-7,9-12,22,39H,8H2,1H3,(H,30,36)(H,31,37)(H,35,38). The highest BCUT2D eigenvalue weighted by molar-refractivity contribution is 7.11. The highest BCUT2D eigenvalue weighted by Crippen LogP contribution is 2.36. The Bertz CT molecular complexity index is 1510. The van der Waals surface area contributed by atoms with Gasteiger partial charge in [0.1, 0.15) is 28.5 Å². The minimum Gasteiger partial charge on any atom is -0.369 e. The number of carbonyl (C=O) groups excluding carboxylic acids is 2. The molecule has 4 N–H and O–H groups in total. The second-order valence-corrected chi connectivity index (χ2v) is 9.72. The highest BCUT2D eigenvalue weighted by atomic mass is 35.5. The molecule has 0 bridgehead atoms.